The molecule has 0 amide bonds. The van der Waals surface area contributed by atoms with E-state index in [0.717, 1.165) is 18.3 Å². The van der Waals surface area contributed by atoms with Crippen LogP contribution < -0.4 is 0 Å². The number of nitriles is 1. The number of nitrogens with zero attached hydrogens (tertiary/aromatic N) is 1. The maximum atomic E-state index is 9.11. The van der Waals surface area contributed by atoms with E-state index in [4.69, 9.17) is 9.69 Å². The van der Waals surface area contributed by atoms with Crippen molar-refractivity contribution in [1.82, 2.24) is 0 Å². The molecule has 0 aromatic heterocycles. The molecule has 2 rings (SSSR count). The Labute approximate surface area is 145 Å². The summed E-state index contributed by atoms with van der Waals surface area (Å²) < 4.78 is 6.97. The predicted octanol–water partition coefficient (Wildman–Crippen LogP) is 6.14. The van der Waals surface area contributed by atoms with Gasteiger partial charge in [0.1, 0.15) is 0 Å². The molecule has 0 aliphatic heterocycles. The number of hydrogen-bond acceptors (Lipinski definition) is 2. The predicted molar refractivity (Wildman–Crippen MR) is 99.6 cm³/mol. The Morgan fingerprint density at radius 1 is 1.17 bits per heavy atom. The van der Waals surface area contributed by atoms with E-state index in [-0.39, 0.29) is 0 Å². The van der Waals surface area contributed by atoms with Crippen LogP contribution in [-0.2, 0) is 4.43 Å². The van der Waals surface area contributed by atoms with Crippen molar-refractivity contribution in [3.63, 3.8) is 0 Å². The summed E-state index contributed by atoms with van der Waals surface area (Å²) in [5, 5.41) is 9.11. The Hall–Kier alpha value is -0.333. The van der Waals surface area contributed by atoms with Crippen LogP contribution in [0.15, 0.2) is 0 Å². The Kier molecular flexibility index (Phi) is 6.36. The molecule has 0 radical (unpaired) electrons. The number of rotatable bonds is 7. The first-order valence-electron chi connectivity index (χ1n) is 10.0. The summed E-state index contributed by atoms with van der Waals surface area (Å²) in [5.41, 5.74) is 0.411. The Morgan fingerprint density at radius 3 is 2.39 bits per heavy atom. The van der Waals surface area contributed by atoms with Gasteiger partial charge in [-0.2, -0.15) is 5.26 Å². The smallest absolute Gasteiger partial charge is 0.192 e. The number of fused-ring (bicyclic) bond motifs is 1. The molecular formula is C20H37NOSi. The molecule has 2 fully saturated rings. The van der Waals surface area contributed by atoms with Gasteiger partial charge in [-0.1, -0.05) is 41.0 Å². The van der Waals surface area contributed by atoms with Gasteiger partial charge >= 0.3 is 0 Å². The second-order valence-electron chi connectivity index (χ2n) is 8.43. The van der Waals surface area contributed by atoms with Crippen molar-refractivity contribution >= 4 is 8.32 Å². The SMILES string of the molecule is CC[Si](CC)(CC)OC1CCC[C@]2(C)[C@@H](C(C)CC#N)CC[C@@H]12. The van der Waals surface area contributed by atoms with Crippen molar-refractivity contribution in [2.24, 2.45) is 23.2 Å². The monoisotopic (exact) mass is 335 g/mol. The summed E-state index contributed by atoms with van der Waals surface area (Å²) in [7, 11) is -1.51. The fourth-order valence-corrected chi connectivity index (χ4v) is 8.77. The second kappa shape index (κ2) is 7.70. The molecule has 0 aromatic carbocycles. The first kappa shape index (κ1) is 19.0. The highest BCUT2D eigenvalue weighted by molar-refractivity contribution is 6.73. The average Bonchev–Trinajstić information content (AvgIpc) is 2.91. The fourth-order valence-electron chi connectivity index (χ4n) is 5.84. The van der Waals surface area contributed by atoms with E-state index in [2.05, 4.69) is 40.7 Å². The number of hydrogen-bond donors (Lipinski definition) is 0. The summed E-state index contributed by atoms with van der Waals surface area (Å²) in [5.74, 6) is 2.00. The quantitative estimate of drug-likeness (QED) is 0.523. The van der Waals surface area contributed by atoms with Crippen LogP contribution in [0.25, 0.3) is 0 Å². The lowest BCUT2D eigenvalue weighted by Crippen LogP contribution is -2.48. The van der Waals surface area contributed by atoms with Crippen molar-refractivity contribution in [2.75, 3.05) is 0 Å². The molecule has 0 saturated heterocycles. The summed E-state index contributed by atoms with van der Waals surface area (Å²) in [4.78, 5) is 0. The lowest BCUT2D eigenvalue weighted by Gasteiger charge is -2.48. The lowest BCUT2D eigenvalue weighted by molar-refractivity contribution is -0.0189. The minimum atomic E-state index is -1.51. The first-order valence-corrected chi connectivity index (χ1v) is 12.5. The van der Waals surface area contributed by atoms with Crippen molar-refractivity contribution in [3.8, 4) is 6.07 Å². The molecule has 0 spiro atoms. The van der Waals surface area contributed by atoms with Gasteiger partial charge in [-0.3, -0.25) is 0 Å². The molecule has 23 heavy (non-hydrogen) atoms. The van der Waals surface area contributed by atoms with E-state index < -0.39 is 8.32 Å². The van der Waals surface area contributed by atoms with Crippen LogP contribution in [-0.4, -0.2) is 14.4 Å². The molecule has 2 saturated carbocycles. The molecular weight excluding hydrogens is 298 g/mol. The van der Waals surface area contributed by atoms with Crippen LogP contribution in [0.2, 0.25) is 18.1 Å². The fraction of sp³-hybridized carbons (Fsp3) is 0.950. The molecule has 0 heterocycles. The largest absolute Gasteiger partial charge is 0.414 e. The highest BCUT2D eigenvalue weighted by Gasteiger charge is 2.53. The third-order valence-electron chi connectivity index (χ3n) is 7.57. The first-order chi connectivity index (χ1) is 11.0. The van der Waals surface area contributed by atoms with Gasteiger partial charge < -0.3 is 4.43 Å². The normalized spacial score (nSPS) is 35.6. The van der Waals surface area contributed by atoms with Gasteiger partial charge in [0, 0.05) is 12.5 Å². The average molecular weight is 336 g/mol. The zero-order valence-corrected chi connectivity index (χ0v) is 17.0. The van der Waals surface area contributed by atoms with E-state index >= 15 is 0 Å². The van der Waals surface area contributed by atoms with Crippen molar-refractivity contribution in [1.29, 1.82) is 5.26 Å². The van der Waals surface area contributed by atoms with Gasteiger partial charge in [0.15, 0.2) is 8.32 Å². The van der Waals surface area contributed by atoms with Crippen molar-refractivity contribution in [2.45, 2.75) is 97.4 Å². The molecule has 2 aliphatic carbocycles. The lowest BCUT2D eigenvalue weighted by atomic mass is 9.61. The van der Waals surface area contributed by atoms with Gasteiger partial charge in [0.05, 0.1) is 6.07 Å². The third-order valence-corrected chi connectivity index (χ3v) is 12.2. The van der Waals surface area contributed by atoms with Gasteiger partial charge in [-0.05, 0) is 67.0 Å². The Bertz CT molecular complexity index is 420. The van der Waals surface area contributed by atoms with Gasteiger partial charge in [0.2, 0.25) is 0 Å². The van der Waals surface area contributed by atoms with Crippen molar-refractivity contribution < 1.29 is 4.43 Å². The van der Waals surface area contributed by atoms with Crippen molar-refractivity contribution in [3.05, 3.63) is 0 Å². The van der Waals surface area contributed by atoms with E-state index in [1.165, 1.54) is 50.2 Å². The van der Waals surface area contributed by atoms with Gasteiger partial charge in [0.25, 0.3) is 0 Å². The van der Waals surface area contributed by atoms with Gasteiger partial charge in [-0.15, -0.1) is 0 Å². The maximum Gasteiger partial charge on any atom is 0.192 e. The zero-order valence-electron chi connectivity index (χ0n) is 16.0. The molecule has 0 N–H and O–H groups in total. The van der Waals surface area contributed by atoms with Gasteiger partial charge in [-0.25, -0.2) is 0 Å². The molecule has 0 bridgehead atoms. The van der Waals surface area contributed by atoms with Crippen LogP contribution in [0.1, 0.15) is 73.1 Å². The van der Waals surface area contributed by atoms with E-state index in [1.54, 1.807) is 0 Å². The van der Waals surface area contributed by atoms with E-state index in [0.29, 0.717) is 17.4 Å². The Morgan fingerprint density at radius 2 is 1.83 bits per heavy atom. The third kappa shape index (κ3) is 3.54. The zero-order chi connectivity index (χ0) is 17.1. The van der Waals surface area contributed by atoms with E-state index in [9.17, 15) is 0 Å². The molecule has 2 aliphatic rings. The second-order valence-corrected chi connectivity index (χ2v) is 13.2. The molecule has 132 valence electrons. The Balaban J connectivity index is 2.16. The van der Waals surface area contributed by atoms with Crippen LogP contribution in [0.4, 0.5) is 0 Å². The minimum absolute atomic E-state index is 0.411. The van der Waals surface area contributed by atoms with Crippen LogP contribution in [0.3, 0.4) is 0 Å². The molecule has 2 unspecified atom stereocenters. The summed E-state index contributed by atoms with van der Waals surface area (Å²) in [6.45, 7) is 11.8. The van der Waals surface area contributed by atoms with Crippen LogP contribution >= 0.6 is 0 Å². The van der Waals surface area contributed by atoms with E-state index in [1.807, 2.05) is 0 Å². The van der Waals surface area contributed by atoms with Crippen LogP contribution in [0, 0.1) is 34.5 Å². The molecule has 0 aromatic rings. The standard InChI is InChI=1S/C20H37NOSi/c1-6-23(7-2,8-3)22-19-10-9-14-20(5)17(11-12-18(19)20)16(4)13-15-21/h16-19H,6-14H2,1-5H3/t16?,17-,18+,19?,20-/m1/s1. The summed E-state index contributed by atoms with van der Waals surface area (Å²) >= 11 is 0. The topological polar surface area (TPSA) is 33.0 Å². The molecule has 5 atom stereocenters. The van der Waals surface area contributed by atoms with Crippen LogP contribution in [0.5, 0.6) is 0 Å². The highest BCUT2D eigenvalue weighted by atomic mass is 28.4. The molecule has 2 nitrogen and oxygen atoms in total. The summed E-state index contributed by atoms with van der Waals surface area (Å²) in [6.07, 6.45) is 7.78. The maximum absolute atomic E-state index is 9.11. The minimum Gasteiger partial charge on any atom is -0.414 e. The summed E-state index contributed by atoms with van der Waals surface area (Å²) in [6, 6.07) is 6.18. The highest BCUT2D eigenvalue weighted by Crippen LogP contribution is 2.59. The molecule has 3 heteroatoms.